The van der Waals surface area contributed by atoms with Crippen LogP contribution in [0.5, 0.6) is 0 Å². The second-order valence-corrected chi connectivity index (χ2v) is 16.2. The van der Waals surface area contributed by atoms with Crippen LogP contribution < -0.4 is 16.4 Å². The van der Waals surface area contributed by atoms with Crippen molar-refractivity contribution in [2.24, 2.45) is 58.0 Å². The van der Waals surface area contributed by atoms with Crippen molar-refractivity contribution >= 4 is 11.8 Å². The van der Waals surface area contributed by atoms with Gasteiger partial charge in [-0.2, -0.15) is 0 Å². The molecule has 0 amide bonds. The lowest BCUT2D eigenvalue weighted by atomic mass is 9.43. The van der Waals surface area contributed by atoms with Crippen LogP contribution in [0.2, 0.25) is 0 Å². The number of carbonyl (C=O) groups excluding carboxylic acids is 2. The molecule has 7 heteroatoms. The van der Waals surface area contributed by atoms with Crippen LogP contribution in [0.25, 0.3) is 0 Å². The molecule has 0 heterocycles. The van der Waals surface area contributed by atoms with Crippen LogP contribution in [-0.2, 0) is 14.3 Å². The van der Waals surface area contributed by atoms with Crippen LogP contribution in [0.1, 0.15) is 125 Å². The van der Waals surface area contributed by atoms with Gasteiger partial charge in [-0.25, -0.2) is 0 Å². The molecule has 0 aromatic carbocycles. The third-order valence-electron chi connectivity index (χ3n) is 13.2. The van der Waals surface area contributed by atoms with E-state index in [1.807, 2.05) is 13.8 Å². The van der Waals surface area contributed by atoms with Gasteiger partial charge in [0.15, 0.2) is 0 Å². The van der Waals surface area contributed by atoms with E-state index in [1.165, 1.54) is 44.9 Å². The molecule has 0 spiro atoms. The van der Waals surface area contributed by atoms with Gasteiger partial charge in [-0.05, 0) is 170 Å². The Balaban J connectivity index is 1.29. The number of unbranched alkanes of at least 4 members (excludes halogenated alkanes) is 1. The third kappa shape index (κ3) is 7.91. The van der Waals surface area contributed by atoms with Gasteiger partial charge in [0.05, 0.1) is 12.2 Å². The maximum absolute atomic E-state index is 12.9. The smallest absolute Gasteiger partial charge is 0.316 e. The number of Topliss-reactive ketones (excluding diaryl/α,β-unsaturated/α-hetero) is 1. The number of aliphatic hydroxyl groups is 1. The molecule has 4 aliphatic carbocycles. The van der Waals surface area contributed by atoms with Crippen LogP contribution in [0.15, 0.2) is 0 Å². The van der Waals surface area contributed by atoms with Gasteiger partial charge in [0.2, 0.25) is 0 Å². The summed E-state index contributed by atoms with van der Waals surface area (Å²) in [6.07, 6.45) is 13.9. The van der Waals surface area contributed by atoms with E-state index in [-0.39, 0.29) is 23.4 Å². The number of carbonyl (C=O) groups is 2. The van der Waals surface area contributed by atoms with E-state index in [4.69, 9.17) is 10.5 Å². The molecule has 11 atom stereocenters. The summed E-state index contributed by atoms with van der Waals surface area (Å²) in [6.45, 7) is 16.7. The van der Waals surface area contributed by atoms with E-state index < -0.39 is 11.9 Å². The molecule has 0 radical (unpaired) electrons. The normalized spacial score (nSPS) is 38.0. The molecule has 4 rings (SSSR count). The molecule has 4 unspecified atom stereocenters. The number of esters is 1. The van der Waals surface area contributed by atoms with Crippen molar-refractivity contribution in [1.29, 1.82) is 0 Å². The van der Waals surface area contributed by atoms with Crippen molar-refractivity contribution in [2.45, 2.75) is 143 Å². The Morgan fingerprint density at radius 2 is 1.61 bits per heavy atom. The lowest BCUT2D eigenvalue weighted by Gasteiger charge is -2.62. The summed E-state index contributed by atoms with van der Waals surface area (Å²) in [4.78, 5) is 25.1. The SMILES string of the molecule is CC(C)OC(=O)C(C)C(=O)CC[C@@H](C)[C@H]1CCC2C3C(CC[C@@]21C)[C@@]1(C)CC[C@H](NCCCNCCCCN)C[C@@H]1C[C@H]3O. The number of ether oxygens (including phenoxy) is 1. The zero-order valence-corrected chi connectivity index (χ0v) is 29.0. The van der Waals surface area contributed by atoms with Gasteiger partial charge in [0.1, 0.15) is 11.7 Å². The van der Waals surface area contributed by atoms with Gasteiger partial charge in [0.25, 0.3) is 0 Å². The highest BCUT2D eigenvalue weighted by Gasteiger charge is 2.62. The Hall–Kier alpha value is -1.02. The summed E-state index contributed by atoms with van der Waals surface area (Å²) in [5.74, 6) is 2.16. The second-order valence-electron chi connectivity index (χ2n) is 16.2. The predicted octanol–water partition coefficient (Wildman–Crippen LogP) is 5.87. The first-order chi connectivity index (χ1) is 20.9. The first-order valence-corrected chi connectivity index (χ1v) is 18.5. The number of fused-ring (bicyclic) bond motifs is 5. The summed E-state index contributed by atoms with van der Waals surface area (Å²) in [6, 6.07) is 0.581. The number of ketones is 1. The van der Waals surface area contributed by atoms with Crippen LogP contribution in [0.4, 0.5) is 0 Å². The summed E-state index contributed by atoms with van der Waals surface area (Å²) in [5, 5.41) is 19.2. The number of hydrogen-bond acceptors (Lipinski definition) is 7. The van der Waals surface area contributed by atoms with E-state index in [9.17, 15) is 14.7 Å². The van der Waals surface area contributed by atoms with Crippen LogP contribution in [0, 0.1) is 52.3 Å². The molecule has 0 bridgehead atoms. The molecule has 4 fully saturated rings. The fraction of sp³-hybridized carbons (Fsp3) is 0.946. The summed E-state index contributed by atoms with van der Waals surface area (Å²) >= 11 is 0. The highest BCUT2D eigenvalue weighted by molar-refractivity contribution is 5.98. The molecule has 44 heavy (non-hydrogen) atoms. The first-order valence-electron chi connectivity index (χ1n) is 18.5. The van der Waals surface area contributed by atoms with Gasteiger partial charge in [0, 0.05) is 12.5 Å². The third-order valence-corrected chi connectivity index (χ3v) is 13.2. The summed E-state index contributed by atoms with van der Waals surface area (Å²) < 4.78 is 5.29. The van der Waals surface area contributed by atoms with E-state index in [0.29, 0.717) is 53.4 Å². The largest absolute Gasteiger partial charge is 0.462 e. The molecule has 0 saturated heterocycles. The molecule has 4 saturated carbocycles. The topological polar surface area (TPSA) is 114 Å². The van der Waals surface area contributed by atoms with Crippen molar-refractivity contribution in [2.75, 3.05) is 26.2 Å². The fourth-order valence-corrected chi connectivity index (χ4v) is 10.7. The number of nitrogens with two attached hydrogens (primary N) is 1. The maximum Gasteiger partial charge on any atom is 0.316 e. The number of rotatable bonds is 16. The average molecular weight is 618 g/mol. The highest BCUT2D eigenvalue weighted by Crippen LogP contribution is 2.68. The molecule has 0 aromatic rings. The number of aliphatic hydroxyl groups excluding tert-OH is 1. The minimum atomic E-state index is -0.683. The standard InChI is InChI=1S/C37H67N3O4/c1-24(2)44-35(43)26(4)32(41)13-10-25(3)29-11-12-30-34-31(15-17-37(29,30)6)36(5)16-14-28(22-27(36)23-33(34)42)40-21-9-20-39-19-8-7-18-38/h24-31,33-34,39-40,42H,7-23,38H2,1-6H3/t25-,26?,27-,28+,29-,30?,31?,33-,34?,36+,37-/m1/s1. The highest BCUT2D eigenvalue weighted by atomic mass is 16.5. The van der Waals surface area contributed by atoms with Crippen molar-refractivity contribution in [3.8, 4) is 0 Å². The molecular weight excluding hydrogens is 550 g/mol. The fourth-order valence-electron chi connectivity index (χ4n) is 10.7. The lowest BCUT2D eigenvalue weighted by Crippen LogP contribution is -2.59. The summed E-state index contributed by atoms with van der Waals surface area (Å²) in [7, 11) is 0. The number of nitrogens with one attached hydrogen (secondary N) is 2. The lowest BCUT2D eigenvalue weighted by molar-refractivity contribution is -0.167. The maximum atomic E-state index is 12.9. The molecule has 254 valence electrons. The Labute approximate surface area is 269 Å². The van der Waals surface area contributed by atoms with Crippen molar-refractivity contribution < 1.29 is 19.4 Å². The monoisotopic (exact) mass is 618 g/mol. The summed E-state index contributed by atoms with van der Waals surface area (Å²) in [5.41, 5.74) is 6.15. The average Bonchev–Trinajstić information content (AvgIpc) is 3.34. The minimum absolute atomic E-state index is 0.00709. The Morgan fingerprint density at radius 3 is 2.34 bits per heavy atom. The van der Waals surface area contributed by atoms with Crippen molar-refractivity contribution in [3.05, 3.63) is 0 Å². The van der Waals surface area contributed by atoms with Crippen LogP contribution in [0.3, 0.4) is 0 Å². The van der Waals surface area contributed by atoms with Crippen LogP contribution in [-0.4, -0.2) is 61.3 Å². The predicted molar refractivity (Wildman–Crippen MR) is 178 cm³/mol. The zero-order chi connectivity index (χ0) is 32.1. The number of hydrogen-bond donors (Lipinski definition) is 4. The molecule has 7 nitrogen and oxygen atoms in total. The second kappa shape index (κ2) is 15.7. The van der Waals surface area contributed by atoms with E-state index in [0.717, 1.165) is 58.3 Å². The van der Waals surface area contributed by atoms with Gasteiger partial charge in [-0.1, -0.05) is 20.8 Å². The van der Waals surface area contributed by atoms with Gasteiger partial charge in [-0.15, -0.1) is 0 Å². The first kappa shape index (κ1) is 35.8. The molecule has 0 aromatic heterocycles. The van der Waals surface area contributed by atoms with Crippen LogP contribution >= 0.6 is 0 Å². The van der Waals surface area contributed by atoms with E-state index >= 15 is 0 Å². The minimum Gasteiger partial charge on any atom is -0.462 e. The molecule has 0 aliphatic heterocycles. The van der Waals surface area contributed by atoms with Crippen molar-refractivity contribution in [3.63, 3.8) is 0 Å². The Bertz CT molecular complexity index is 944. The molecule has 4 aliphatic rings. The Morgan fingerprint density at radius 1 is 0.909 bits per heavy atom. The molecular formula is C37H67N3O4. The van der Waals surface area contributed by atoms with Gasteiger partial charge >= 0.3 is 5.97 Å². The zero-order valence-electron chi connectivity index (χ0n) is 29.0. The van der Waals surface area contributed by atoms with Gasteiger partial charge < -0.3 is 26.2 Å². The van der Waals surface area contributed by atoms with E-state index in [1.54, 1.807) is 6.92 Å². The molecule has 5 N–H and O–H groups in total. The quantitative estimate of drug-likeness (QED) is 0.0974. The van der Waals surface area contributed by atoms with Gasteiger partial charge in [-0.3, -0.25) is 9.59 Å². The van der Waals surface area contributed by atoms with Crippen molar-refractivity contribution in [1.82, 2.24) is 10.6 Å². The van der Waals surface area contributed by atoms with E-state index in [2.05, 4.69) is 31.4 Å². The Kier molecular flexibility index (Phi) is 12.8.